The van der Waals surface area contributed by atoms with Gasteiger partial charge in [-0.2, -0.15) is 18.3 Å². The van der Waals surface area contributed by atoms with Crippen LogP contribution in [0.5, 0.6) is 0 Å². The van der Waals surface area contributed by atoms with E-state index in [-0.39, 0.29) is 18.3 Å². The molecule has 1 aromatic carbocycles. The molecular weight excluding hydrogens is 388 g/mol. The molecule has 0 aliphatic carbocycles. The highest BCUT2D eigenvalue weighted by Crippen LogP contribution is 2.32. The monoisotopic (exact) mass is 414 g/mol. The summed E-state index contributed by atoms with van der Waals surface area (Å²) in [6.45, 7) is 8.02. The maximum atomic E-state index is 13.1. The molecule has 0 aliphatic heterocycles. The number of halogens is 4. The third-order valence-electron chi connectivity index (χ3n) is 4.41. The Labute approximate surface area is 167 Å². The molecule has 0 radical (unpaired) electrons. The molecule has 0 saturated heterocycles. The molecule has 2 aromatic rings. The second kappa shape index (κ2) is 8.84. The maximum absolute atomic E-state index is 13.1. The molecule has 1 aromatic heterocycles. The lowest BCUT2D eigenvalue weighted by molar-refractivity contribution is -0.142. The summed E-state index contributed by atoms with van der Waals surface area (Å²) in [5.74, 6) is -0.663. The standard InChI is InChI=1S/C20H26F4N4O/c1-5-27(11-10-25-15-8-6-14(21)7-9-15)18(29)13-28-17(19(2,3)4)12-16(26-28)20(22,23)24/h6-9,12,25H,5,10-11,13H2,1-4H3. The van der Waals surface area contributed by atoms with E-state index in [2.05, 4.69) is 10.4 Å². The summed E-state index contributed by atoms with van der Waals surface area (Å²) in [5, 5.41) is 6.72. The largest absolute Gasteiger partial charge is 0.435 e. The van der Waals surface area contributed by atoms with Crippen molar-refractivity contribution in [1.82, 2.24) is 14.7 Å². The third kappa shape index (κ3) is 6.20. The number of hydrogen-bond acceptors (Lipinski definition) is 3. The topological polar surface area (TPSA) is 50.2 Å². The first kappa shape index (κ1) is 22.7. The van der Waals surface area contributed by atoms with Crippen molar-refractivity contribution in [2.75, 3.05) is 25.0 Å². The average molecular weight is 414 g/mol. The number of likely N-dealkylation sites (N-methyl/N-ethyl adjacent to an activating group) is 1. The molecule has 2 rings (SSSR count). The molecule has 0 spiro atoms. The fourth-order valence-electron chi connectivity index (χ4n) is 2.87. The molecule has 0 fully saturated rings. The van der Waals surface area contributed by atoms with E-state index in [4.69, 9.17) is 0 Å². The zero-order valence-corrected chi connectivity index (χ0v) is 17.0. The number of nitrogens with zero attached hydrogens (tertiary/aromatic N) is 3. The van der Waals surface area contributed by atoms with Gasteiger partial charge >= 0.3 is 6.18 Å². The number of carbonyl (C=O) groups excluding carboxylic acids is 1. The van der Waals surface area contributed by atoms with Crippen molar-refractivity contribution < 1.29 is 22.4 Å². The molecule has 5 nitrogen and oxygen atoms in total. The predicted octanol–water partition coefficient (Wildman–Crippen LogP) is 4.30. The zero-order chi connectivity index (χ0) is 21.8. The van der Waals surface area contributed by atoms with Gasteiger partial charge in [-0.3, -0.25) is 9.48 Å². The number of benzene rings is 1. The van der Waals surface area contributed by atoms with Gasteiger partial charge in [0.05, 0.1) is 0 Å². The number of anilines is 1. The van der Waals surface area contributed by atoms with E-state index in [0.29, 0.717) is 31.0 Å². The maximum Gasteiger partial charge on any atom is 0.435 e. The predicted molar refractivity (Wildman–Crippen MR) is 103 cm³/mol. The van der Waals surface area contributed by atoms with Gasteiger partial charge in [-0.1, -0.05) is 20.8 Å². The van der Waals surface area contributed by atoms with Crippen LogP contribution in [-0.2, 0) is 22.9 Å². The van der Waals surface area contributed by atoms with E-state index < -0.39 is 17.3 Å². The van der Waals surface area contributed by atoms with Crippen molar-refractivity contribution in [2.24, 2.45) is 0 Å². The molecule has 0 saturated carbocycles. The summed E-state index contributed by atoms with van der Waals surface area (Å²) in [6, 6.07) is 6.83. The number of amides is 1. The molecular formula is C20H26F4N4O. The Bertz CT molecular complexity index is 822. The van der Waals surface area contributed by atoms with Crippen LogP contribution in [-0.4, -0.2) is 40.2 Å². The lowest BCUT2D eigenvalue weighted by Gasteiger charge is -2.24. The van der Waals surface area contributed by atoms with Gasteiger partial charge in [0.1, 0.15) is 12.4 Å². The molecule has 9 heteroatoms. The summed E-state index contributed by atoms with van der Waals surface area (Å²) < 4.78 is 53.3. The minimum Gasteiger partial charge on any atom is -0.383 e. The minimum atomic E-state index is -4.57. The fourth-order valence-corrected chi connectivity index (χ4v) is 2.87. The third-order valence-corrected chi connectivity index (χ3v) is 4.41. The zero-order valence-electron chi connectivity index (χ0n) is 17.0. The number of nitrogens with one attached hydrogen (secondary N) is 1. The van der Waals surface area contributed by atoms with Crippen LogP contribution in [0.2, 0.25) is 0 Å². The van der Waals surface area contributed by atoms with Gasteiger partial charge in [0, 0.05) is 36.4 Å². The van der Waals surface area contributed by atoms with Crippen molar-refractivity contribution in [1.29, 1.82) is 0 Å². The lowest BCUT2D eigenvalue weighted by Crippen LogP contribution is -2.38. The summed E-state index contributed by atoms with van der Waals surface area (Å²) >= 11 is 0. The van der Waals surface area contributed by atoms with Gasteiger partial charge in [0.15, 0.2) is 5.69 Å². The van der Waals surface area contributed by atoms with Crippen molar-refractivity contribution in [3.8, 4) is 0 Å². The van der Waals surface area contributed by atoms with Crippen LogP contribution >= 0.6 is 0 Å². The summed E-state index contributed by atoms with van der Waals surface area (Å²) in [6.07, 6.45) is -4.57. The number of rotatable bonds is 7. The van der Waals surface area contributed by atoms with Gasteiger partial charge in [0.25, 0.3) is 0 Å². The normalized spacial score (nSPS) is 12.1. The average Bonchev–Trinajstić information content (AvgIpc) is 3.05. The van der Waals surface area contributed by atoms with Crippen LogP contribution in [0, 0.1) is 5.82 Å². The Balaban J connectivity index is 2.06. The summed E-state index contributed by atoms with van der Waals surface area (Å²) in [4.78, 5) is 14.2. The van der Waals surface area contributed by atoms with Gasteiger partial charge in [0.2, 0.25) is 5.91 Å². The van der Waals surface area contributed by atoms with Crippen LogP contribution < -0.4 is 5.32 Å². The number of carbonyl (C=O) groups is 1. The van der Waals surface area contributed by atoms with Crippen LogP contribution in [0.3, 0.4) is 0 Å². The Hall–Kier alpha value is -2.58. The molecule has 0 aliphatic rings. The van der Waals surface area contributed by atoms with Gasteiger partial charge in [-0.05, 0) is 37.3 Å². The quantitative estimate of drug-likeness (QED) is 0.688. The smallest absolute Gasteiger partial charge is 0.383 e. The van der Waals surface area contributed by atoms with E-state index in [1.54, 1.807) is 39.8 Å². The highest BCUT2D eigenvalue weighted by Gasteiger charge is 2.37. The van der Waals surface area contributed by atoms with Gasteiger partial charge in [-0.25, -0.2) is 4.39 Å². The number of alkyl halides is 3. The second-order valence-corrected chi connectivity index (χ2v) is 7.73. The fraction of sp³-hybridized carbons (Fsp3) is 0.500. The Morgan fingerprint density at radius 1 is 1.17 bits per heavy atom. The van der Waals surface area contributed by atoms with Crippen LogP contribution in [0.15, 0.2) is 30.3 Å². The van der Waals surface area contributed by atoms with E-state index in [1.165, 1.54) is 17.0 Å². The first-order valence-electron chi connectivity index (χ1n) is 9.34. The molecule has 1 amide bonds. The lowest BCUT2D eigenvalue weighted by atomic mass is 9.92. The molecule has 1 N–H and O–H groups in total. The summed E-state index contributed by atoms with van der Waals surface area (Å²) in [7, 11) is 0. The first-order chi connectivity index (χ1) is 13.4. The number of aromatic nitrogens is 2. The number of hydrogen-bond donors (Lipinski definition) is 1. The first-order valence-corrected chi connectivity index (χ1v) is 9.34. The van der Waals surface area contributed by atoms with Crippen LogP contribution in [0.25, 0.3) is 0 Å². The van der Waals surface area contributed by atoms with E-state index in [9.17, 15) is 22.4 Å². The molecule has 0 bridgehead atoms. The Morgan fingerprint density at radius 3 is 2.31 bits per heavy atom. The van der Waals surface area contributed by atoms with Crippen molar-refractivity contribution in [3.63, 3.8) is 0 Å². The Morgan fingerprint density at radius 2 is 1.79 bits per heavy atom. The van der Waals surface area contributed by atoms with E-state index >= 15 is 0 Å². The molecule has 0 atom stereocenters. The van der Waals surface area contributed by atoms with Crippen molar-refractivity contribution in [3.05, 3.63) is 47.5 Å². The second-order valence-electron chi connectivity index (χ2n) is 7.73. The van der Waals surface area contributed by atoms with Gasteiger partial charge < -0.3 is 10.2 Å². The van der Waals surface area contributed by atoms with Gasteiger partial charge in [-0.15, -0.1) is 0 Å². The van der Waals surface area contributed by atoms with E-state index in [1.807, 2.05) is 0 Å². The molecule has 0 unspecified atom stereocenters. The van der Waals surface area contributed by atoms with Crippen molar-refractivity contribution >= 4 is 11.6 Å². The van der Waals surface area contributed by atoms with E-state index in [0.717, 1.165) is 10.7 Å². The Kier molecular flexibility index (Phi) is 6.92. The molecule has 29 heavy (non-hydrogen) atoms. The minimum absolute atomic E-state index is 0.271. The highest BCUT2D eigenvalue weighted by molar-refractivity contribution is 5.76. The highest BCUT2D eigenvalue weighted by atomic mass is 19.4. The molecule has 1 heterocycles. The van der Waals surface area contributed by atoms with Crippen molar-refractivity contribution in [2.45, 2.75) is 45.8 Å². The summed E-state index contributed by atoms with van der Waals surface area (Å²) in [5.41, 5.74) is -0.542. The van der Waals surface area contributed by atoms with Crippen LogP contribution in [0.4, 0.5) is 23.2 Å². The molecule has 160 valence electrons. The van der Waals surface area contributed by atoms with Crippen LogP contribution in [0.1, 0.15) is 39.1 Å². The SMILES string of the molecule is CCN(CCNc1ccc(F)cc1)C(=O)Cn1nc(C(F)(F)F)cc1C(C)(C)C.